The second kappa shape index (κ2) is 6.37. The SMILES string of the molecule is CSC1(CNS(=O)(=O)c2cnn(CCC(=O)O)c2)CCC1. The van der Waals surface area contributed by atoms with E-state index in [9.17, 15) is 13.2 Å². The van der Waals surface area contributed by atoms with Crippen LogP contribution in [0, 0.1) is 0 Å². The van der Waals surface area contributed by atoms with Crippen molar-refractivity contribution >= 4 is 27.8 Å². The molecule has 21 heavy (non-hydrogen) atoms. The van der Waals surface area contributed by atoms with E-state index in [1.54, 1.807) is 11.8 Å². The van der Waals surface area contributed by atoms with Crippen molar-refractivity contribution in [1.29, 1.82) is 0 Å². The standard InChI is InChI=1S/C12H19N3O4S2/c1-20-12(4-2-5-12)9-14-21(18,19)10-7-13-15(8-10)6-3-11(16)17/h7-8,14H,2-6,9H2,1H3,(H,16,17). The summed E-state index contributed by atoms with van der Waals surface area (Å²) in [5, 5.41) is 12.5. The Labute approximate surface area is 128 Å². The molecule has 0 spiro atoms. The van der Waals surface area contributed by atoms with Crippen LogP contribution in [-0.2, 0) is 21.4 Å². The van der Waals surface area contributed by atoms with Gasteiger partial charge in [0.25, 0.3) is 0 Å². The highest BCUT2D eigenvalue weighted by atomic mass is 32.2. The van der Waals surface area contributed by atoms with Gasteiger partial charge >= 0.3 is 5.97 Å². The average molecular weight is 333 g/mol. The lowest BCUT2D eigenvalue weighted by atomic mass is 9.84. The lowest BCUT2D eigenvalue weighted by Gasteiger charge is -2.40. The van der Waals surface area contributed by atoms with Crippen LogP contribution in [0.2, 0.25) is 0 Å². The summed E-state index contributed by atoms with van der Waals surface area (Å²) in [5.74, 6) is -0.945. The van der Waals surface area contributed by atoms with Crippen LogP contribution in [0.5, 0.6) is 0 Å². The number of carboxylic acids is 1. The molecule has 0 saturated heterocycles. The first-order valence-electron chi connectivity index (χ1n) is 6.66. The molecule has 1 fully saturated rings. The number of carboxylic acid groups (broad SMARTS) is 1. The van der Waals surface area contributed by atoms with E-state index < -0.39 is 16.0 Å². The fourth-order valence-electron chi connectivity index (χ4n) is 2.15. The molecule has 1 saturated carbocycles. The molecule has 0 aliphatic heterocycles. The van der Waals surface area contributed by atoms with Gasteiger partial charge in [0.2, 0.25) is 10.0 Å². The molecular formula is C12H19N3O4S2. The highest BCUT2D eigenvalue weighted by Gasteiger charge is 2.37. The summed E-state index contributed by atoms with van der Waals surface area (Å²) in [7, 11) is -3.59. The Bertz CT molecular complexity index is 602. The molecule has 118 valence electrons. The first-order chi connectivity index (χ1) is 9.87. The second-order valence-electron chi connectivity index (χ2n) is 5.15. The summed E-state index contributed by atoms with van der Waals surface area (Å²) < 4.78 is 28.4. The van der Waals surface area contributed by atoms with E-state index in [0.717, 1.165) is 19.3 Å². The van der Waals surface area contributed by atoms with Crippen molar-refractivity contribution in [2.75, 3.05) is 12.8 Å². The van der Waals surface area contributed by atoms with Gasteiger partial charge in [0.15, 0.2) is 0 Å². The summed E-state index contributed by atoms with van der Waals surface area (Å²) in [4.78, 5) is 10.6. The lowest BCUT2D eigenvalue weighted by molar-refractivity contribution is -0.137. The van der Waals surface area contributed by atoms with E-state index in [-0.39, 0.29) is 22.6 Å². The molecule has 0 radical (unpaired) electrons. The van der Waals surface area contributed by atoms with E-state index in [1.165, 1.54) is 17.1 Å². The lowest BCUT2D eigenvalue weighted by Crippen LogP contribution is -2.45. The largest absolute Gasteiger partial charge is 0.481 e. The Morgan fingerprint density at radius 3 is 2.81 bits per heavy atom. The highest BCUT2D eigenvalue weighted by Crippen LogP contribution is 2.42. The molecular weight excluding hydrogens is 314 g/mol. The van der Waals surface area contributed by atoms with Crippen LogP contribution in [0.15, 0.2) is 17.3 Å². The summed E-state index contributed by atoms with van der Waals surface area (Å²) in [6, 6.07) is 0. The highest BCUT2D eigenvalue weighted by molar-refractivity contribution is 8.00. The van der Waals surface area contributed by atoms with E-state index in [2.05, 4.69) is 9.82 Å². The van der Waals surface area contributed by atoms with E-state index in [4.69, 9.17) is 5.11 Å². The molecule has 0 aromatic carbocycles. The predicted molar refractivity (Wildman–Crippen MR) is 79.8 cm³/mol. The number of thioether (sulfide) groups is 1. The zero-order chi connectivity index (χ0) is 15.5. The van der Waals surface area contributed by atoms with Crippen molar-refractivity contribution < 1.29 is 18.3 Å². The van der Waals surface area contributed by atoms with Gasteiger partial charge in [0, 0.05) is 17.5 Å². The normalized spacial score (nSPS) is 17.4. The van der Waals surface area contributed by atoms with Crippen LogP contribution in [0.4, 0.5) is 0 Å². The van der Waals surface area contributed by atoms with Gasteiger partial charge in [-0.3, -0.25) is 9.48 Å². The summed E-state index contributed by atoms with van der Waals surface area (Å²) in [6.07, 6.45) is 7.69. The zero-order valence-electron chi connectivity index (χ0n) is 11.8. The third-order valence-electron chi connectivity index (χ3n) is 3.76. The second-order valence-corrected chi connectivity index (χ2v) is 8.19. The van der Waals surface area contributed by atoms with Crippen molar-refractivity contribution in [3.63, 3.8) is 0 Å². The average Bonchev–Trinajstić information content (AvgIpc) is 2.85. The monoisotopic (exact) mass is 333 g/mol. The molecule has 1 heterocycles. The molecule has 0 atom stereocenters. The molecule has 0 unspecified atom stereocenters. The Balaban J connectivity index is 1.97. The number of nitrogens with one attached hydrogen (secondary N) is 1. The number of aromatic nitrogens is 2. The number of aryl methyl sites for hydroxylation is 1. The maximum atomic E-state index is 12.2. The molecule has 9 heteroatoms. The molecule has 1 aliphatic carbocycles. The van der Waals surface area contributed by atoms with Crippen molar-refractivity contribution in [2.24, 2.45) is 0 Å². The fourth-order valence-corrected chi connectivity index (χ4v) is 4.23. The van der Waals surface area contributed by atoms with Crippen LogP contribution < -0.4 is 4.72 Å². The fraction of sp³-hybridized carbons (Fsp3) is 0.667. The molecule has 0 bridgehead atoms. The van der Waals surface area contributed by atoms with Crippen LogP contribution in [0.1, 0.15) is 25.7 Å². The minimum atomic E-state index is -3.59. The third kappa shape index (κ3) is 3.98. The number of hydrogen-bond acceptors (Lipinski definition) is 5. The topological polar surface area (TPSA) is 101 Å². The smallest absolute Gasteiger partial charge is 0.305 e. The van der Waals surface area contributed by atoms with Crippen LogP contribution in [0.25, 0.3) is 0 Å². The molecule has 2 N–H and O–H groups in total. The van der Waals surface area contributed by atoms with Gasteiger partial charge in [-0.25, -0.2) is 13.1 Å². The van der Waals surface area contributed by atoms with Gasteiger partial charge in [-0.15, -0.1) is 0 Å². The number of sulfonamides is 1. The van der Waals surface area contributed by atoms with E-state index in [0.29, 0.717) is 6.54 Å². The number of hydrogen-bond donors (Lipinski definition) is 2. The Hall–Kier alpha value is -1.06. The van der Waals surface area contributed by atoms with Crippen molar-refractivity contribution in [3.05, 3.63) is 12.4 Å². The number of carbonyl (C=O) groups is 1. The molecule has 0 amide bonds. The maximum absolute atomic E-state index is 12.2. The summed E-state index contributed by atoms with van der Waals surface area (Å²) in [5.41, 5.74) is 0. The number of rotatable bonds is 8. The minimum Gasteiger partial charge on any atom is -0.481 e. The molecule has 2 rings (SSSR count). The van der Waals surface area contributed by atoms with Crippen molar-refractivity contribution in [1.82, 2.24) is 14.5 Å². The maximum Gasteiger partial charge on any atom is 0.305 e. The quantitative estimate of drug-likeness (QED) is 0.733. The van der Waals surface area contributed by atoms with Gasteiger partial charge < -0.3 is 5.11 Å². The van der Waals surface area contributed by atoms with E-state index in [1.807, 2.05) is 6.26 Å². The van der Waals surface area contributed by atoms with E-state index >= 15 is 0 Å². The number of aliphatic carboxylic acids is 1. The Morgan fingerprint density at radius 1 is 1.57 bits per heavy atom. The van der Waals surface area contributed by atoms with Gasteiger partial charge in [-0.05, 0) is 19.1 Å². The summed E-state index contributed by atoms with van der Waals surface area (Å²) >= 11 is 1.70. The Morgan fingerprint density at radius 2 is 2.29 bits per heavy atom. The summed E-state index contributed by atoms with van der Waals surface area (Å²) in [6.45, 7) is 0.566. The van der Waals surface area contributed by atoms with Crippen LogP contribution >= 0.6 is 11.8 Å². The molecule has 7 nitrogen and oxygen atoms in total. The number of nitrogens with zero attached hydrogens (tertiary/aromatic N) is 2. The minimum absolute atomic E-state index is 0.0202. The van der Waals surface area contributed by atoms with Gasteiger partial charge in [0.05, 0.1) is 19.2 Å². The van der Waals surface area contributed by atoms with Crippen molar-refractivity contribution in [2.45, 2.75) is 41.9 Å². The third-order valence-corrected chi connectivity index (χ3v) is 6.53. The molecule has 1 aliphatic rings. The van der Waals surface area contributed by atoms with Crippen LogP contribution in [0.3, 0.4) is 0 Å². The van der Waals surface area contributed by atoms with Gasteiger partial charge in [0.1, 0.15) is 4.90 Å². The van der Waals surface area contributed by atoms with Crippen molar-refractivity contribution in [3.8, 4) is 0 Å². The Kier molecular flexibility index (Phi) is 4.95. The first kappa shape index (κ1) is 16.3. The zero-order valence-corrected chi connectivity index (χ0v) is 13.4. The van der Waals surface area contributed by atoms with Crippen LogP contribution in [-0.4, -0.2) is 46.8 Å². The van der Waals surface area contributed by atoms with Gasteiger partial charge in [-0.2, -0.15) is 16.9 Å². The molecule has 1 aromatic rings. The first-order valence-corrected chi connectivity index (χ1v) is 9.37. The predicted octanol–water partition coefficient (Wildman–Crippen LogP) is 0.922. The van der Waals surface area contributed by atoms with Gasteiger partial charge in [-0.1, -0.05) is 6.42 Å². The molecule has 1 aromatic heterocycles.